The second kappa shape index (κ2) is 2.48. The van der Waals surface area contributed by atoms with Gasteiger partial charge in [-0.2, -0.15) is 0 Å². The first kappa shape index (κ1) is 7.09. The van der Waals surface area contributed by atoms with Crippen LogP contribution in [0.4, 0.5) is 5.82 Å². The molecule has 0 spiro atoms. The zero-order valence-corrected chi connectivity index (χ0v) is 7.05. The van der Waals surface area contributed by atoms with Crippen LogP contribution >= 0.6 is 0 Å². The molecule has 0 aliphatic heterocycles. The highest BCUT2D eigenvalue weighted by Crippen LogP contribution is 2.16. The minimum absolute atomic E-state index is 0.784. The van der Waals surface area contributed by atoms with E-state index in [4.69, 9.17) is 0 Å². The molecule has 0 unspecified atom stereocenters. The van der Waals surface area contributed by atoms with Crippen LogP contribution in [0.2, 0.25) is 0 Å². The molecule has 2 rings (SSSR count). The number of hydrogen-bond donors (Lipinski definition) is 2. The number of nitrogens with zero attached hydrogens (tertiary/aromatic N) is 2. The number of aromatic amines is 1. The van der Waals surface area contributed by atoms with E-state index in [2.05, 4.69) is 20.3 Å². The Balaban J connectivity index is 2.80. The first-order valence-corrected chi connectivity index (χ1v) is 3.81. The van der Waals surface area contributed by atoms with Crippen LogP contribution in [0.25, 0.3) is 11.0 Å². The number of aromatic nitrogens is 3. The average molecular weight is 162 g/mol. The van der Waals surface area contributed by atoms with Crippen molar-refractivity contribution < 1.29 is 0 Å². The molecule has 2 N–H and O–H groups in total. The number of hydrogen-bond acceptors (Lipinski definition) is 3. The Labute approximate surface area is 70.0 Å². The minimum atomic E-state index is 0.784. The molecule has 0 bridgehead atoms. The summed E-state index contributed by atoms with van der Waals surface area (Å²) in [5, 5.41) is 3.01. The van der Waals surface area contributed by atoms with Crippen molar-refractivity contribution in [3.63, 3.8) is 0 Å². The van der Waals surface area contributed by atoms with Gasteiger partial charge in [-0.15, -0.1) is 0 Å². The average Bonchev–Trinajstić information content (AvgIpc) is 2.50. The predicted octanol–water partition coefficient (Wildman–Crippen LogP) is 1.31. The molecule has 0 aromatic carbocycles. The zero-order chi connectivity index (χ0) is 8.55. The summed E-state index contributed by atoms with van der Waals surface area (Å²) in [5.41, 5.74) is 1.91. The van der Waals surface area contributed by atoms with Gasteiger partial charge in [0.25, 0.3) is 0 Å². The van der Waals surface area contributed by atoms with E-state index in [0.717, 1.165) is 22.7 Å². The number of fused-ring (bicyclic) bond motifs is 1. The van der Waals surface area contributed by atoms with Crippen molar-refractivity contribution in [2.75, 3.05) is 12.4 Å². The minimum Gasteiger partial charge on any atom is -0.371 e. The van der Waals surface area contributed by atoms with Gasteiger partial charge < -0.3 is 10.3 Å². The van der Waals surface area contributed by atoms with Gasteiger partial charge in [-0.25, -0.2) is 9.97 Å². The fourth-order valence-corrected chi connectivity index (χ4v) is 1.24. The van der Waals surface area contributed by atoms with E-state index in [1.165, 1.54) is 0 Å². The fraction of sp³-hybridized carbons (Fsp3) is 0.250. The largest absolute Gasteiger partial charge is 0.371 e. The highest BCUT2D eigenvalue weighted by molar-refractivity contribution is 5.85. The molecule has 12 heavy (non-hydrogen) atoms. The molecule has 2 aromatic rings. The molecular weight excluding hydrogens is 152 g/mol. The van der Waals surface area contributed by atoms with Gasteiger partial charge in [0.15, 0.2) is 5.82 Å². The highest BCUT2D eigenvalue weighted by Gasteiger charge is 2.03. The predicted molar refractivity (Wildman–Crippen MR) is 48.2 cm³/mol. The Bertz CT molecular complexity index is 404. The van der Waals surface area contributed by atoms with Gasteiger partial charge in [-0.05, 0) is 13.0 Å². The molecule has 0 fully saturated rings. The third kappa shape index (κ3) is 0.922. The SMILES string of the molecule is CNc1nc(C)nc2cc[nH]c12. The number of anilines is 1. The van der Waals surface area contributed by atoms with E-state index >= 15 is 0 Å². The number of H-pyrrole nitrogens is 1. The van der Waals surface area contributed by atoms with E-state index in [0.29, 0.717) is 0 Å². The van der Waals surface area contributed by atoms with Gasteiger partial charge in [0, 0.05) is 13.2 Å². The van der Waals surface area contributed by atoms with E-state index < -0.39 is 0 Å². The summed E-state index contributed by atoms with van der Waals surface area (Å²) in [6, 6.07) is 1.94. The van der Waals surface area contributed by atoms with E-state index in [-0.39, 0.29) is 0 Å². The van der Waals surface area contributed by atoms with Crippen LogP contribution < -0.4 is 5.32 Å². The summed E-state index contributed by atoms with van der Waals surface area (Å²) in [6.07, 6.45) is 1.86. The molecule has 4 nitrogen and oxygen atoms in total. The summed E-state index contributed by atoms with van der Waals surface area (Å²) in [5.74, 6) is 1.63. The van der Waals surface area contributed by atoms with Gasteiger partial charge in [0.1, 0.15) is 11.3 Å². The summed E-state index contributed by atoms with van der Waals surface area (Å²) < 4.78 is 0. The Morgan fingerprint density at radius 3 is 3.00 bits per heavy atom. The highest BCUT2D eigenvalue weighted by atomic mass is 15.0. The van der Waals surface area contributed by atoms with Crippen LogP contribution in [0.3, 0.4) is 0 Å². The standard InChI is InChI=1S/C8H10N4/c1-5-11-6-3-4-10-7(6)8(9-2)12-5/h3-4,10H,1-2H3,(H,9,11,12). The maximum Gasteiger partial charge on any atom is 0.153 e. The second-order valence-electron chi connectivity index (χ2n) is 2.61. The van der Waals surface area contributed by atoms with E-state index in [1.54, 1.807) is 0 Å². The lowest BCUT2D eigenvalue weighted by Crippen LogP contribution is -1.97. The molecule has 0 atom stereocenters. The lowest BCUT2D eigenvalue weighted by Gasteiger charge is -2.01. The van der Waals surface area contributed by atoms with Crippen molar-refractivity contribution in [1.82, 2.24) is 15.0 Å². The molecule has 2 heterocycles. The molecule has 0 saturated carbocycles. The van der Waals surface area contributed by atoms with Crippen LogP contribution in [0, 0.1) is 6.92 Å². The van der Waals surface area contributed by atoms with Gasteiger partial charge in [0.2, 0.25) is 0 Å². The lowest BCUT2D eigenvalue weighted by molar-refractivity contribution is 1.09. The number of rotatable bonds is 1. The molecule has 2 aromatic heterocycles. The third-order valence-electron chi connectivity index (χ3n) is 1.75. The summed E-state index contributed by atoms with van der Waals surface area (Å²) in [4.78, 5) is 11.6. The van der Waals surface area contributed by atoms with E-state index in [9.17, 15) is 0 Å². The quantitative estimate of drug-likeness (QED) is 0.664. The monoisotopic (exact) mass is 162 g/mol. The maximum absolute atomic E-state index is 4.26. The van der Waals surface area contributed by atoms with Gasteiger partial charge >= 0.3 is 0 Å². The first-order chi connectivity index (χ1) is 5.81. The summed E-state index contributed by atoms with van der Waals surface area (Å²) >= 11 is 0. The molecule has 0 radical (unpaired) electrons. The van der Waals surface area contributed by atoms with Crippen LogP contribution in [-0.2, 0) is 0 Å². The number of aryl methyl sites for hydroxylation is 1. The van der Waals surface area contributed by atoms with Crippen LogP contribution in [0.15, 0.2) is 12.3 Å². The van der Waals surface area contributed by atoms with Crippen LogP contribution in [0.5, 0.6) is 0 Å². The van der Waals surface area contributed by atoms with Crippen molar-refractivity contribution in [3.05, 3.63) is 18.1 Å². The Hall–Kier alpha value is -1.58. The first-order valence-electron chi connectivity index (χ1n) is 3.81. The molecular formula is C8H10N4. The maximum atomic E-state index is 4.26. The van der Waals surface area contributed by atoms with Crippen molar-refractivity contribution in [2.45, 2.75) is 6.92 Å². The molecule has 0 aliphatic carbocycles. The second-order valence-corrected chi connectivity index (χ2v) is 2.61. The Kier molecular flexibility index (Phi) is 1.46. The molecule has 4 heteroatoms. The van der Waals surface area contributed by atoms with Gasteiger partial charge in [-0.3, -0.25) is 0 Å². The van der Waals surface area contributed by atoms with Crippen molar-refractivity contribution in [3.8, 4) is 0 Å². The molecule has 62 valence electrons. The van der Waals surface area contributed by atoms with Crippen molar-refractivity contribution in [1.29, 1.82) is 0 Å². The summed E-state index contributed by atoms with van der Waals surface area (Å²) in [6.45, 7) is 1.88. The molecule has 0 saturated heterocycles. The van der Waals surface area contributed by atoms with Gasteiger partial charge in [-0.1, -0.05) is 0 Å². The Morgan fingerprint density at radius 2 is 2.25 bits per heavy atom. The normalized spacial score (nSPS) is 10.5. The van der Waals surface area contributed by atoms with Crippen LogP contribution in [-0.4, -0.2) is 22.0 Å². The molecule has 0 amide bonds. The third-order valence-corrected chi connectivity index (χ3v) is 1.75. The smallest absolute Gasteiger partial charge is 0.153 e. The summed E-state index contributed by atoms with van der Waals surface area (Å²) in [7, 11) is 1.85. The molecule has 0 aliphatic rings. The number of nitrogens with one attached hydrogen (secondary N) is 2. The van der Waals surface area contributed by atoms with E-state index in [1.807, 2.05) is 26.2 Å². The van der Waals surface area contributed by atoms with Crippen molar-refractivity contribution in [2.24, 2.45) is 0 Å². The Morgan fingerprint density at radius 1 is 1.42 bits per heavy atom. The van der Waals surface area contributed by atoms with Crippen LogP contribution in [0.1, 0.15) is 5.82 Å². The van der Waals surface area contributed by atoms with Crippen molar-refractivity contribution >= 4 is 16.9 Å². The van der Waals surface area contributed by atoms with Gasteiger partial charge in [0.05, 0.1) is 5.52 Å². The topological polar surface area (TPSA) is 53.6 Å². The fourth-order valence-electron chi connectivity index (χ4n) is 1.24. The zero-order valence-electron chi connectivity index (χ0n) is 7.05. The lowest BCUT2D eigenvalue weighted by atomic mass is 10.4.